The number of nitrogens with zero attached hydrogens (tertiary/aromatic N) is 4. The molecule has 1 amide bonds. The monoisotopic (exact) mass is 425 g/mol. The minimum absolute atomic E-state index is 0.000408. The largest absolute Gasteiger partial charge is 0.354 e. The molecule has 2 heterocycles. The lowest BCUT2D eigenvalue weighted by Crippen LogP contribution is -2.50. The van der Waals surface area contributed by atoms with E-state index in [0.717, 1.165) is 49.8 Å². The van der Waals surface area contributed by atoms with Gasteiger partial charge in [-0.15, -0.1) is 0 Å². The zero-order valence-corrected chi connectivity index (χ0v) is 18.9. The van der Waals surface area contributed by atoms with Crippen LogP contribution in [0.25, 0.3) is 11.0 Å². The highest BCUT2D eigenvalue weighted by Crippen LogP contribution is 2.33. The van der Waals surface area contributed by atoms with E-state index in [1.807, 2.05) is 24.3 Å². The Hall–Kier alpha value is -2.41. The highest BCUT2D eigenvalue weighted by molar-refractivity contribution is 5.78. The number of fused-ring (bicyclic) bond motifs is 1. The molecule has 1 saturated heterocycles. The average molecular weight is 426 g/mol. The van der Waals surface area contributed by atoms with E-state index in [4.69, 9.17) is 0 Å². The number of hydrogen-bond donors (Lipinski definition) is 1. The number of piperidine rings is 1. The van der Waals surface area contributed by atoms with E-state index in [1.54, 1.807) is 4.57 Å². The molecule has 0 unspecified atom stereocenters. The zero-order chi connectivity index (χ0) is 21.8. The molecule has 7 heteroatoms. The summed E-state index contributed by atoms with van der Waals surface area (Å²) in [7, 11) is 4.20. The second-order valence-corrected chi connectivity index (χ2v) is 9.28. The zero-order valence-electron chi connectivity index (χ0n) is 18.9. The number of likely N-dealkylation sites (N-methyl/N-ethyl adjacent to an activating group) is 1. The third-order valence-corrected chi connectivity index (χ3v) is 7.15. The fraction of sp³-hybridized carbons (Fsp3) is 0.625. The van der Waals surface area contributed by atoms with Crippen LogP contribution >= 0.6 is 0 Å². The summed E-state index contributed by atoms with van der Waals surface area (Å²) in [5.74, 6) is 0.525. The number of aryl methyl sites for hydroxylation is 1. The Morgan fingerprint density at radius 1 is 1.10 bits per heavy atom. The summed E-state index contributed by atoms with van der Waals surface area (Å²) in [4.78, 5) is 35.1. The number of benzene rings is 1. The maximum Gasteiger partial charge on any atom is 0.294 e. The number of carbonyl (C=O) groups is 1. The summed E-state index contributed by atoms with van der Waals surface area (Å²) in [6, 6.07) is 7.72. The summed E-state index contributed by atoms with van der Waals surface area (Å²) in [5.41, 5.74) is 1.58. The smallest absolute Gasteiger partial charge is 0.294 e. The molecule has 0 bridgehead atoms. The summed E-state index contributed by atoms with van der Waals surface area (Å²) in [6.07, 6.45) is 8.33. The molecular weight excluding hydrogens is 390 g/mol. The first-order valence-electron chi connectivity index (χ1n) is 11.7. The van der Waals surface area contributed by atoms with E-state index in [2.05, 4.69) is 34.2 Å². The number of anilines is 1. The van der Waals surface area contributed by atoms with Crippen LogP contribution in [-0.2, 0) is 11.3 Å². The molecule has 1 aromatic carbocycles. The second kappa shape index (κ2) is 9.39. The Kier molecular flexibility index (Phi) is 6.60. The topological polar surface area (TPSA) is 70.5 Å². The van der Waals surface area contributed by atoms with Crippen molar-refractivity contribution in [3.05, 3.63) is 34.6 Å². The van der Waals surface area contributed by atoms with Crippen LogP contribution in [0.4, 0.5) is 5.82 Å². The van der Waals surface area contributed by atoms with Crippen LogP contribution < -0.4 is 15.8 Å². The van der Waals surface area contributed by atoms with Crippen LogP contribution in [0, 0.1) is 0 Å². The molecule has 4 rings (SSSR count). The fourth-order valence-electron chi connectivity index (χ4n) is 5.09. The van der Waals surface area contributed by atoms with Gasteiger partial charge in [-0.25, -0.2) is 4.98 Å². The number of rotatable bonds is 7. The van der Waals surface area contributed by atoms with Crippen LogP contribution in [0.1, 0.15) is 51.4 Å². The first-order valence-corrected chi connectivity index (χ1v) is 11.7. The van der Waals surface area contributed by atoms with Crippen molar-refractivity contribution < 1.29 is 4.79 Å². The van der Waals surface area contributed by atoms with Gasteiger partial charge in [0.05, 0.1) is 11.0 Å². The van der Waals surface area contributed by atoms with Crippen LogP contribution in [-0.4, -0.2) is 59.6 Å². The minimum Gasteiger partial charge on any atom is -0.354 e. The third kappa shape index (κ3) is 4.61. The lowest BCUT2D eigenvalue weighted by molar-refractivity contribution is -0.121. The van der Waals surface area contributed by atoms with E-state index in [-0.39, 0.29) is 23.4 Å². The molecule has 2 fully saturated rings. The molecule has 1 aliphatic heterocycles. The van der Waals surface area contributed by atoms with Crippen molar-refractivity contribution in [1.29, 1.82) is 0 Å². The number of aromatic nitrogens is 2. The number of hydrogen-bond acceptors (Lipinski definition) is 5. The first-order chi connectivity index (χ1) is 15.0. The Morgan fingerprint density at radius 2 is 1.81 bits per heavy atom. The van der Waals surface area contributed by atoms with Crippen molar-refractivity contribution in [2.24, 2.45) is 0 Å². The van der Waals surface area contributed by atoms with Gasteiger partial charge in [0.15, 0.2) is 5.82 Å². The molecule has 1 aliphatic carbocycles. The summed E-state index contributed by atoms with van der Waals surface area (Å²) in [6.45, 7) is 2.77. The molecule has 1 saturated carbocycles. The lowest BCUT2D eigenvalue weighted by Gasteiger charge is -2.36. The van der Waals surface area contributed by atoms with E-state index in [0.29, 0.717) is 18.9 Å². The molecule has 31 heavy (non-hydrogen) atoms. The van der Waals surface area contributed by atoms with E-state index >= 15 is 0 Å². The molecule has 0 spiro atoms. The molecule has 7 nitrogen and oxygen atoms in total. The lowest BCUT2D eigenvalue weighted by atomic mass is 9.96. The molecule has 0 radical (unpaired) electrons. The second-order valence-electron chi connectivity index (χ2n) is 9.28. The van der Waals surface area contributed by atoms with Gasteiger partial charge in [-0.05, 0) is 58.3 Å². The van der Waals surface area contributed by atoms with Crippen molar-refractivity contribution >= 4 is 22.8 Å². The van der Waals surface area contributed by atoms with Crippen molar-refractivity contribution in [1.82, 2.24) is 19.8 Å². The Bertz CT molecular complexity index is 972. The molecule has 2 aromatic rings. The van der Waals surface area contributed by atoms with Gasteiger partial charge < -0.3 is 19.7 Å². The molecular formula is C24H35N5O2. The van der Waals surface area contributed by atoms with Crippen molar-refractivity contribution in [2.75, 3.05) is 38.6 Å². The van der Waals surface area contributed by atoms with Gasteiger partial charge in [0.2, 0.25) is 5.91 Å². The fourth-order valence-corrected chi connectivity index (χ4v) is 5.09. The van der Waals surface area contributed by atoms with Crippen LogP contribution in [0.15, 0.2) is 29.1 Å². The summed E-state index contributed by atoms with van der Waals surface area (Å²) < 4.78 is 1.74. The highest BCUT2D eigenvalue weighted by Gasteiger charge is 2.36. The SMILES string of the molecule is CN(C)C1(CNC(=O)CCn2c(=O)c(N3CCCCC3)nc3ccccc32)CCCC1. The van der Waals surface area contributed by atoms with Gasteiger partial charge in [0, 0.05) is 38.1 Å². The van der Waals surface area contributed by atoms with Gasteiger partial charge in [0.25, 0.3) is 5.56 Å². The van der Waals surface area contributed by atoms with Gasteiger partial charge in [-0.2, -0.15) is 0 Å². The minimum atomic E-state index is -0.0889. The van der Waals surface area contributed by atoms with Crippen LogP contribution in [0.5, 0.6) is 0 Å². The van der Waals surface area contributed by atoms with E-state index in [9.17, 15) is 9.59 Å². The number of nitrogens with one attached hydrogen (secondary N) is 1. The predicted octanol–water partition coefficient (Wildman–Crippen LogP) is 2.77. The Morgan fingerprint density at radius 3 is 2.52 bits per heavy atom. The predicted molar refractivity (Wildman–Crippen MR) is 125 cm³/mol. The van der Waals surface area contributed by atoms with Crippen molar-refractivity contribution in [2.45, 2.75) is 63.5 Å². The van der Waals surface area contributed by atoms with Crippen molar-refractivity contribution in [3.8, 4) is 0 Å². The standard InChI is InChI=1S/C24H35N5O2/c1-27(2)24(13-6-7-14-24)18-25-21(30)12-17-29-20-11-5-4-10-19(20)26-22(23(29)31)28-15-8-3-9-16-28/h4-5,10-11H,3,6-9,12-18H2,1-2H3,(H,25,30). The third-order valence-electron chi connectivity index (χ3n) is 7.15. The summed E-state index contributed by atoms with van der Waals surface area (Å²) >= 11 is 0. The van der Waals surface area contributed by atoms with E-state index in [1.165, 1.54) is 19.3 Å². The molecule has 1 N–H and O–H groups in total. The quantitative estimate of drug-likeness (QED) is 0.739. The normalized spacial score (nSPS) is 18.6. The number of carbonyl (C=O) groups excluding carboxylic acids is 1. The number of para-hydroxylation sites is 2. The Labute approximate surface area is 184 Å². The number of amides is 1. The Balaban J connectivity index is 1.50. The van der Waals surface area contributed by atoms with E-state index < -0.39 is 0 Å². The molecule has 0 atom stereocenters. The summed E-state index contributed by atoms with van der Waals surface area (Å²) in [5, 5.41) is 3.14. The maximum atomic E-state index is 13.3. The molecule has 1 aromatic heterocycles. The maximum absolute atomic E-state index is 13.3. The van der Waals surface area contributed by atoms with Crippen molar-refractivity contribution in [3.63, 3.8) is 0 Å². The van der Waals surface area contributed by atoms with Gasteiger partial charge in [-0.3, -0.25) is 9.59 Å². The first kappa shape index (κ1) is 21.8. The van der Waals surface area contributed by atoms with Crippen LogP contribution in [0.2, 0.25) is 0 Å². The highest BCUT2D eigenvalue weighted by atomic mass is 16.2. The molecule has 2 aliphatic rings. The average Bonchev–Trinajstić information content (AvgIpc) is 3.28. The van der Waals surface area contributed by atoms with Gasteiger partial charge in [-0.1, -0.05) is 25.0 Å². The van der Waals surface area contributed by atoms with Gasteiger partial charge >= 0.3 is 0 Å². The molecule has 168 valence electrons. The van der Waals surface area contributed by atoms with Gasteiger partial charge in [0.1, 0.15) is 0 Å². The van der Waals surface area contributed by atoms with Crippen LogP contribution in [0.3, 0.4) is 0 Å².